The third kappa shape index (κ3) is 4.12. The maximum Gasteiger partial charge on any atom is 0.411 e. The average Bonchev–Trinajstić information content (AvgIpc) is 2.70. The average molecular weight is 268 g/mol. The zero-order valence-corrected chi connectivity index (χ0v) is 11.8. The van der Waals surface area contributed by atoms with Gasteiger partial charge in [0.1, 0.15) is 11.6 Å². The van der Waals surface area contributed by atoms with Gasteiger partial charge in [-0.15, -0.1) is 0 Å². The summed E-state index contributed by atoms with van der Waals surface area (Å²) in [6, 6.07) is 1.41. The Morgan fingerprint density at radius 2 is 2.05 bits per heavy atom. The van der Waals surface area contributed by atoms with Crippen LogP contribution in [0.5, 0.6) is 0 Å². The van der Waals surface area contributed by atoms with Crippen LogP contribution in [0, 0.1) is 17.2 Å². The van der Waals surface area contributed by atoms with Crippen molar-refractivity contribution in [3.63, 3.8) is 0 Å². The topological polar surface area (TPSA) is 79.6 Å². The molecule has 1 amide bonds. The third-order valence-electron chi connectivity index (χ3n) is 2.87. The minimum Gasteiger partial charge on any atom is -0.467 e. The van der Waals surface area contributed by atoms with Crippen LogP contribution in [0.25, 0.3) is 0 Å². The molecule has 106 valence electrons. The van der Waals surface area contributed by atoms with Gasteiger partial charge in [-0.25, -0.2) is 9.59 Å². The number of esters is 1. The van der Waals surface area contributed by atoms with E-state index in [4.69, 9.17) is 14.7 Å². The van der Waals surface area contributed by atoms with Crippen molar-refractivity contribution in [2.24, 2.45) is 5.92 Å². The second-order valence-corrected chi connectivity index (χ2v) is 5.64. The van der Waals surface area contributed by atoms with Crippen LogP contribution in [-0.2, 0) is 14.3 Å². The van der Waals surface area contributed by atoms with Gasteiger partial charge in [-0.1, -0.05) is 0 Å². The molecule has 0 aromatic heterocycles. The first kappa shape index (κ1) is 15.3. The van der Waals surface area contributed by atoms with Crippen molar-refractivity contribution in [1.82, 2.24) is 4.90 Å². The molecule has 1 aliphatic heterocycles. The molecule has 0 spiro atoms. The Balaban J connectivity index is 2.80. The SMILES string of the molecule is COC(=O)[C@@H]1CC(CC#N)CN1C(=O)OC(C)(C)C. The summed E-state index contributed by atoms with van der Waals surface area (Å²) in [7, 11) is 1.28. The van der Waals surface area contributed by atoms with Crippen molar-refractivity contribution < 1.29 is 19.1 Å². The van der Waals surface area contributed by atoms with E-state index in [-0.39, 0.29) is 5.92 Å². The maximum atomic E-state index is 12.1. The molecule has 0 saturated carbocycles. The molecule has 0 aromatic carbocycles. The number of ether oxygens (including phenoxy) is 2. The number of likely N-dealkylation sites (tertiary alicyclic amines) is 1. The van der Waals surface area contributed by atoms with E-state index in [1.165, 1.54) is 12.0 Å². The van der Waals surface area contributed by atoms with Gasteiger partial charge in [-0.3, -0.25) is 4.90 Å². The van der Waals surface area contributed by atoms with Crippen molar-refractivity contribution in [2.45, 2.75) is 45.3 Å². The Morgan fingerprint density at radius 1 is 1.42 bits per heavy atom. The molecular formula is C13H20N2O4. The molecule has 1 aliphatic rings. The zero-order chi connectivity index (χ0) is 14.6. The van der Waals surface area contributed by atoms with Crippen LogP contribution in [0.2, 0.25) is 0 Å². The van der Waals surface area contributed by atoms with Crippen molar-refractivity contribution in [1.29, 1.82) is 5.26 Å². The molecule has 1 fully saturated rings. The minimum absolute atomic E-state index is 0.0124. The van der Waals surface area contributed by atoms with Gasteiger partial charge in [-0.2, -0.15) is 5.26 Å². The second kappa shape index (κ2) is 5.91. The monoisotopic (exact) mass is 268 g/mol. The molecule has 1 saturated heterocycles. The number of methoxy groups -OCH3 is 1. The fourth-order valence-electron chi connectivity index (χ4n) is 2.08. The predicted octanol–water partition coefficient (Wildman–Crippen LogP) is 1.70. The smallest absolute Gasteiger partial charge is 0.411 e. The number of amides is 1. The van der Waals surface area contributed by atoms with Gasteiger partial charge < -0.3 is 9.47 Å². The molecule has 1 heterocycles. The Kier molecular flexibility index (Phi) is 4.76. The lowest BCUT2D eigenvalue weighted by atomic mass is 10.0. The quantitative estimate of drug-likeness (QED) is 0.712. The Morgan fingerprint density at radius 3 is 2.53 bits per heavy atom. The highest BCUT2D eigenvalue weighted by atomic mass is 16.6. The van der Waals surface area contributed by atoms with Crippen molar-refractivity contribution in [3.8, 4) is 6.07 Å². The molecule has 0 aromatic rings. The third-order valence-corrected chi connectivity index (χ3v) is 2.87. The minimum atomic E-state index is -0.654. The highest BCUT2D eigenvalue weighted by Crippen LogP contribution is 2.28. The first-order valence-corrected chi connectivity index (χ1v) is 6.23. The normalized spacial score (nSPS) is 22.8. The van der Waals surface area contributed by atoms with Crippen molar-refractivity contribution in [2.75, 3.05) is 13.7 Å². The van der Waals surface area contributed by atoms with Crippen LogP contribution in [0.1, 0.15) is 33.6 Å². The summed E-state index contributed by atoms with van der Waals surface area (Å²) in [5.74, 6) is -0.479. The number of carbonyl (C=O) groups is 2. The molecule has 0 bridgehead atoms. The number of rotatable bonds is 2. The number of nitriles is 1. The molecule has 0 aliphatic carbocycles. The van der Waals surface area contributed by atoms with Crippen LogP contribution in [0.4, 0.5) is 4.79 Å². The highest BCUT2D eigenvalue weighted by molar-refractivity contribution is 5.82. The first-order valence-electron chi connectivity index (χ1n) is 6.23. The van der Waals surface area contributed by atoms with E-state index in [0.29, 0.717) is 19.4 Å². The summed E-state index contributed by atoms with van der Waals surface area (Å²) in [5, 5.41) is 8.72. The van der Waals surface area contributed by atoms with E-state index in [1.807, 2.05) is 0 Å². The fraction of sp³-hybridized carbons (Fsp3) is 0.769. The molecule has 6 heteroatoms. The summed E-state index contributed by atoms with van der Waals surface area (Å²) < 4.78 is 9.97. The summed E-state index contributed by atoms with van der Waals surface area (Å²) in [5.41, 5.74) is -0.620. The van der Waals surface area contributed by atoms with E-state index >= 15 is 0 Å². The number of hydrogen-bond acceptors (Lipinski definition) is 5. The van der Waals surface area contributed by atoms with Crippen molar-refractivity contribution >= 4 is 12.1 Å². The lowest BCUT2D eigenvalue weighted by Gasteiger charge is -2.27. The summed E-state index contributed by atoms with van der Waals surface area (Å²) >= 11 is 0. The van der Waals surface area contributed by atoms with E-state index in [9.17, 15) is 9.59 Å². The predicted molar refractivity (Wildman–Crippen MR) is 67.1 cm³/mol. The van der Waals surface area contributed by atoms with Gasteiger partial charge in [0, 0.05) is 13.0 Å². The molecule has 1 unspecified atom stereocenters. The lowest BCUT2D eigenvalue weighted by Crippen LogP contribution is -2.43. The molecular weight excluding hydrogens is 248 g/mol. The lowest BCUT2D eigenvalue weighted by molar-refractivity contribution is -0.145. The molecule has 0 N–H and O–H groups in total. The fourth-order valence-corrected chi connectivity index (χ4v) is 2.08. The van der Waals surface area contributed by atoms with Crippen molar-refractivity contribution in [3.05, 3.63) is 0 Å². The Bertz CT molecular complexity index is 394. The van der Waals surface area contributed by atoms with E-state index in [1.54, 1.807) is 20.8 Å². The number of nitrogens with zero attached hydrogens (tertiary/aromatic N) is 2. The second-order valence-electron chi connectivity index (χ2n) is 5.64. The summed E-state index contributed by atoms with van der Waals surface area (Å²) in [4.78, 5) is 25.1. The first-order chi connectivity index (χ1) is 8.78. The molecule has 6 nitrogen and oxygen atoms in total. The Hall–Kier alpha value is -1.77. The Labute approximate surface area is 113 Å². The molecule has 1 rings (SSSR count). The van der Waals surface area contributed by atoms with Gasteiger partial charge in [0.15, 0.2) is 0 Å². The van der Waals surface area contributed by atoms with Gasteiger partial charge >= 0.3 is 12.1 Å². The summed E-state index contributed by atoms with van der Waals surface area (Å²) in [6.45, 7) is 5.64. The van der Waals surface area contributed by atoms with E-state index < -0.39 is 23.7 Å². The van der Waals surface area contributed by atoms with Gasteiger partial charge in [0.05, 0.1) is 13.2 Å². The molecule has 2 atom stereocenters. The highest BCUT2D eigenvalue weighted by Gasteiger charge is 2.41. The summed E-state index contributed by atoms with van der Waals surface area (Å²) in [6.07, 6.45) is 0.218. The largest absolute Gasteiger partial charge is 0.467 e. The number of carbonyl (C=O) groups excluding carboxylic acids is 2. The van der Waals surface area contributed by atoms with Crippen LogP contribution in [-0.4, -0.2) is 42.3 Å². The van der Waals surface area contributed by atoms with Crippen LogP contribution < -0.4 is 0 Å². The van der Waals surface area contributed by atoms with Crippen LogP contribution >= 0.6 is 0 Å². The van der Waals surface area contributed by atoms with Crippen LogP contribution in [0.15, 0.2) is 0 Å². The molecule has 19 heavy (non-hydrogen) atoms. The standard InChI is InChI=1S/C13H20N2O4/c1-13(2,3)19-12(17)15-8-9(5-6-14)7-10(15)11(16)18-4/h9-10H,5,7-8H2,1-4H3/t9?,10-/m0/s1. The molecule has 0 radical (unpaired) electrons. The zero-order valence-electron chi connectivity index (χ0n) is 11.8. The maximum absolute atomic E-state index is 12.1. The van der Waals surface area contributed by atoms with Gasteiger partial charge in [-0.05, 0) is 33.1 Å². The van der Waals surface area contributed by atoms with E-state index in [2.05, 4.69) is 6.07 Å². The van der Waals surface area contributed by atoms with Gasteiger partial charge in [0.25, 0.3) is 0 Å². The number of hydrogen-bond donors (Lipinski definition) is 0. The van der Waals surface area contributed by atoms with Gasteiger partial charge in [0.2, 0.25) is 0 Å². The van der Waals surface area contributed by atoms with Crippen LogP contribution in [0.3, 0.4) is 0 Å². The van der Waals surface area contributed by atoms with E-state index in [0.717, 1.165) is 0 Å².